The minimum Gasteiger partial charge on any atom is -0.292 e. The molecule has 0 radical (unpaired) electrons. The Balaban J connectivity index is 2.38. The molecule has 1 saturated carbocycles. The molecule has 1 aliphatic rings. The van der Waals surface area contributed by atoms with Crippen LogP contribution in [0.15, 0.2) is 16.9 Å². The zero-order chi connectivity index (χ0) is 14.4. The van der Waals surface area contributed by atoms with E-state index in [0.717, 1.165) is 25.0 Å². The maximum atomic E-state index is 13.8. The number of hydrogen-bond donors (Lipinski definition) is 0. The highest BCUT2D eigenvalue weighted by atomic mass is 35.5. The molecule has 0 saturated heterocycles. The third-order valence-corrected chi connectivity index (χ3v) is 4.00. The minimum absolute atomic E-state index is 0.0295. The van der Waals surface area contributed by atoms with Crippen molar-refractivity contribution in [2.75, 3.05) is 0 Å². The van der Waals surface area contributed by atoms with E-state index < -0.39 is 22.6 Å². The second kappa shape index (κ2) is 4.81. The van der Waals surface area contributed by atoms with Crippen molar-refractivity contribution in [2.45, 2.75) is 37.6 Å². The minimum atomic E-state index is -0.832. The fraction of sp³-hybridized carbons (Fsp3) is 0.429. The third kappa shape index (κ3) is 2.10. The molecule has 0 bridgehead atoms. The number of fused-ring (bicyclic) bond motifs is 1. The molecule has 1 aliphatic carbocycles. The molecule has 106 valence electrons. The van der Waals surface area contributed by atoms with Gasteiger partial charge in [-0.2, -0.15) is 0 Å². The standard InChI is InChI=1S/C14H13ClF2N2O/c1-2-10(15)13-18-12-9(5-7(16)6-11(12)17)14(20)19(13)8-3-4-8/h5-6,8,10H,2-4H2,1H3/t10-/m1/s1. The van der Waals surface area contributed by atoms with Crippen molar-refractivity contribution in [1.29, 1.82) is 0 Å². The molecule has 1 heterocycles. The number of alkyl halides is 1. The van der Waals surface area contributed by atoms with Gasteiger partial charge in [-0.3, -0.25) is 9.36 Å². The Hall–Kier alpha value is -1.49. The van der Waals surface area contributed by atoms with Gasteiger partial charge in [0.1, 0.15) is 17.2 Å². The van der Waals surface area contributed by atoms with E-state index in [4.69, 9.17) is 11.6 Å². The Morgan fingerprint density at radius 1 is 1.45 bits per heavy atom. The Bertz CT molecular complexity index is 740. The monoisotopic (exact) mass is 298 g/mol. The first kappa shape index (κ1) is 13.5. The fourth-order valence-corrected chi connectivity index (χ4v) is 2.49. The number of aromatic nitrogens is 2. The van der Waals surface area contributed by atoms with Crippen molar-refractivity contribution in [3.05, 3.63) is 39.9 Å². The van der Waals surface area contributed by atoms with Crippen LogP contribution in [-0.2, 0) is 0 Å². The summed E-state index contributed by atoms with van der Waals surface area (Å²) in [5.74, 6) is -1.23. The zero-order valence-electron chi connectivity index (χ0n) is 10.9. The molecule has 1 fully saturated rings. The highest BCUT2D eigenvalue weighted by Crippen LogP contribution is 2.37. The van der Waals surface area contributed by atoms with Gasteiger partial charge >= 0.3 is 0 Å². The van der Waals surface area contributed by atoms with Gasteiger partial charge in [-0.1, -0.05) is 6.92 Å². The lowest BCUT2D eigenvalue weighted by atomic mass is 10.2. The number of benzene rings is 1. The Morgan fingerprint density at radius 3 is 2.75 bits per heavy atom. The summed E-state index contributed by atoms with van der Waals surface area (Å²) in [5, 5.41) is -0.490. The summed E-state index contributed by atoms with van der Waals surface area (Å²) in [6.07, 6.45) is 2.31. The van der Waals surface area contributed by atoms with E-state index in [1.807, 2.05) is 6.92 Å². The van der Waals surface area contributed by atoms with Crippen LogP contribution in [0.5, 0.6) is 0 Å². The summed E-state index contributed by atoms with van der Waals surface area (Å²) in [6.45, 7) is 1.87. The lowest BCUT2D eigenvalue weighted by molar-refractivity contribution is 0.581. The average molecular weight is 299 g/mol. The van der Waals surface area contributed by atoms with Crippen LogP contribution in [0.25, 0.3) is 10.9 Å². The van der Waals surface area contributed by atoms with Crippen molar-refractivity contribution >= 4 is 22.5 Å². The number of nitrogens with zero attached hydrogens (tertiary/aromatic N) is 2. The maximum absolute atomic E-state index is 13.8. The molecule has 1 aromatic heterocycles. The third-order valence-electron chi connectivity index (χ3n) is 3.50. The maximum Gasteiger partial charge on any atom is 0.261 e. The molecule has 1 atom stereocenters. The van der Waals surface area contributed by atoms with Crippen LogP contribution >= 0.6 is 11.6 Å². The molecular formula is C14H13ClF2N2O. The van der Waals surface area contributed by atoms with Crippen molar-refractivity contribution in [1.82, 2.24) is 9.55 Å². The van der Waals surface area contributed by atoms with Crippen molar-refractivity contribution in [3.8, 4) is 0 Å². The van der Waals surface area contributed by atoms with Gasteiger partial charge in [0.2, 0.25) is 0 Å². The van der Waals surface area contributed by atoms with Crippen LogP contribution in [0.2, 0.25) is 0 Å². The molecule has 2 aromatic rings. The van der Waals surface area contributed by atoms with Crippen molar-refractivity contribution in [2.24, 2.45) is 0 Å². The molecule has 6 heteroatoms. The van der Waals surface area contributed by atoms with Crippen LogP contribution in [0.3, 0.4) is 0 Å². The number of halogens is 3. The molecule has 20 heavy (non-hydrogen) atoms. The SMILES string of the molecule is CC[C@@H](Cl)c1nc2c(F)cc(F)cc2c(=O)n1C1CC1. The largest absolute Gasteiger partial charge is 0.292 e. The molecule has 3 rings (SSSR count). The highest BCUT2D eigenvalue weighted by Gasteiger charge is 2.30. The smallest absolute Gasteiger partial charge is 0.261 e. The molecule has 1 aromatic carbocycles. The van der Waals surface area contributed by atoms with Crippen LogP contribution in [-0.4, -0.2) is 9.55 Å². The van der Waals surface area contributed by atoms with Crippen LogP contribution in [0.1, 0.15) is 43.4 Å². The van der Waals surface area contributed by atoms with Gasteiger partial charge in [0.05, 0.1) is 10.8 Å². The number of hydrogen-bond acceptors (Lipinski definition) is 2. The van der Waals surface area contributed by atoms with Crippen LogP contribution in [0, 0.1) is 11.6 Å². The molecule has 0 spiro atoms. The molecule has 0 unspecified atom stereocenters. The zero-order valence-corrected chi connectivity index (χ0v) is 11.6. The number of rotatable bonds is 3. The van der Waals surface area contributed by atoms with Gasteiger partial charge < -0.3 is 0 Å². The van der Waals surface area contributed by atoms with E-state index in [0.29, 0.717) is 12.2 Å². The highest BCUT2D eigenvalue weighted by molar-refractivity contribution is 6.20. The van der Waals surface area contributed by atoms with E-state index in [1.165, 1.54) is 4.57 Å². The average Bonchev–Trinajstić information content (AvgIpc) is 3.23. The normalized spacial score (nSPS) is 16.6. The topological polar surface area (TPSA) is 34.9 Å². The first-order valence-electron chi connectivity index (χ1n) is 6.58. The van der Waals surface area contributed by atoms with E-state index in [1.54, 1.807) is 0 Å². The Kier molecular flexibility index (Phi) is 3.24. The predicted octanol–water partition coefficient (Wildman–Crippen LogP) is 3.70. The molecular weight excluding hydrogens is 286 g/mol. The van der Waals surface area contributed by atoms with E-state index >= 15 is 0 Å². The van der Waals surface area contributed by atoms with Crippen LogP contribution < -0.4 is 5.56 Å². The molecule has 0 N–H and O–H groups in total. The van der Waals surface area contributed by atoms with Gasteiger partial charge in [0.25, 0.3) is 5.56 Å². The van der Waals surface area contributed by atoms with Gasteiger partial charge in [0, 0.05) is 12.1 Å². The van der Waals surface area contributed by atoms with E-state index in [-0.39, 0.29) is 16.9 Å². The van der Waals surface area contributed by atoms with E-state index in [9.17, 15) is 13.6 Å². The first-order chi connectivity index (χ1) is 9.52. The van der Waals surface area contributed by atoms with Crippen molar-refractivity contribution < 1.29 is 8.78 Å². The lowest BCUT2D eigenvalue weighted by Gasteiger charge is -2.16. The summed E-state index contributed by atoms with van der Waals surface area (Å²) in [4.78, 5) is 16.7. The Labute approximate surface area is 119 Å². The van der Waals surface area contributed by atoms with Crippen LogP contribution in [0.4, 0.5) is 8.78 Å². The summed E-state index contributed by atoms with van der Waals surface area (Å²) in [6, 6.07) is 1.81. The quantitative estimate of drug-likeness (QED) is 0.810. The Morgan fingerprint density at radius 2 is 2.15 bits per heavy atom. The summed E-state index contributed by atoms with van der Waals surface area (Å²) in [7, 11) is 0. The summed E-state index contributed by atoms with van der Waals surface area (Å²) >= 11 is 6.20. The molecule has 0 amide bonds. The van der Waals surface area contributed by atoms with Gasteiger partial charge in [-0.15, -0.1) is 11.6 Å². The van der Waals surface area contributed by atoms with Gasteiger partial charge in [-0.05, 0) is 25.3 Å². The predicted molar refractivity (Wildman–Crippen MR) is 73.1 cm³/mol. The van der Waals surface area contributed by atoms with Crippen molar-refractivity contribution in [3.63, 3.8) is 0 Å². The lowest BCUT2D eigenvalue weighted by Crippen LogP contribution is -2.25. The fourth-order valence-electron chi connectivity index (χ4n) is 2.33. The second-order valence-corrected chi connectivity index (χ2v) is 5.56. The van der Waals surface area contributed by atoms with E-state index in [2.05, 4.69) is 4.98 Å². The first-order valence-corrected chi connectivity index (χ1v) is 7.01. The summed E-state index contributed by atoms with van der Waals surface area (Å²) in [5.41, 5.74) is -0.521. The molecule has 0 aliphatic heterocycles. The van der Waals surface area contributed by atoms with Gasteiger partial charge in [0.15, 0.2) is 5.82 Å². The molecule has 3 nitrogen and oxygen atoms in total. The summed E-state index contributed by atoms with van der Waals surface area (Å²) < 4.78 is 28.6. The van der Waals surface area contributed by atoms with Gasteiger partial charge in [-0.25, -0.2) is 13.8 Å². The second-order valence-electron chi connectivity index (χ2n) is 5.04.